The SMILES string of the molecule is C=CCN(CCC)C(=O)CCNC(C)C. The molecule has 1 N–H and O–H groups in total. The first-order chi connectivity index (χ1) is 7.11. The summed E-state index contributed by atoms with van der Waals surface area (Å²) in [6.07, 6.45) is 3.35. The van der Waals surface area contributed by atoms with Crippen molar-refractivity contribution >= 4 is 5.91 Å². The minimum absolute atomic E-state index is 0.213. The molecule has 0 aromatic rings. The molecule has 0 aromatic heterocycles. The molecule has 0 aliphatic carbocycles. The summed E-state index contributed by atoms with van der Waals surface area (Å²) in [5.74, 6) is 0.213. The number of amides is 1. The van der Waals surface area contributed by atoms with Crippen LogP contribution in [0.25, 0.3) is 0 Å². The van der Waals surface area contributed by atoms with Crippen molar-refractivity contribution in [3.8, 4) is 0 Å². The molecule has 0 unspecified atom stereocenters. The lowest BCUT2D eigenvalue weighted by atomic mass is 10.3. The number of carbonyl (C=O) groups excluding carboxylic acids is 1. The highest BCUT2D eigenvalue weighted by atomic mass is 16.2. The van der Waals surface area contributed by atoms with Crippen LogP contribution in [0.1, 0.15) is 33.6 Å². The summed E-state index contributed by atoms with van der Waals surface area (Å²) in [4.78, 5) is 13.6. The second-order valence-corrected chi connectivity index (χ2v) is 3.99. The summed E-state index contributed by atoms with van der Waals surface area (Å²) < 4.78 is 0. The van der Waals surface area contributed by atoms with Crippen molar-refractivity contribution in [2.75, 3.05) is 19.6 Å². The zero-order valence-corrected chi connectivity index (χ0v) is 10.3. The van der Waals surface area contributed by atoms with E-state index in [2.05, 4.69) is 32.7 Å². The molecule has 0 heterocycles. The molecule has 0 aliphatic rings. The van der Waals surface area contributed by atoms with Gasteiger partial charge in [0.15, 0.2) is 0 Å². The number of rotatable bonds is 8. The van der Waals surface area contributed by atoms with Crippen molar-refractivity contribution in [3.63, 3.8) is 0 Å². The van der Waals surface area contributed by atoms with E-state index in [0.29, 0.717) is 19.0 Å². The fraction of sp³-hybridized carbons (Fsp3) is 0.750. The van der Waals surface area contributed by atoms with E-state index in [1.807, 2.05) is 4.90 Å². The Morgan fingerprint density at radius 3 is 2.67 bits per heavy atom. The van der Waals surface area contributed by atoms with E-state index in [-0.39, 0.29) is 5.91 Å². The number of hydrogen-bond donors (Lipinski definition) is 1. The minimum Gasteiger partial charge on any atom is -0.339 e. The monoisotopic (exact) mass is 212 g/mol. The second-order valence-electron chi connectivity index (χ2n) is 3.99. The number of carbonyl (C=O) groups is 1. The van der Waals surface area contributed by atoms with Gasteiger partial charge in [-0.2, -0.15) is 0 Å². The fourth-order valence-electron chi connectivity index (χ4n) is 1.37. The Hall–Kier alpha value is -0.830. The van der Waals surface area contributed by atoms with Crippen LogP contribution in [0.15, 0.2) is 12.7 Å². The molecule has 0 rings (SSSR count). The molecule has 0 aliphatic heterocycles. The van der Waals surface area contributed by atoms with Crippen molar-refractivity contribution in [1.29, 1.82) is 0 Å². The first-order valence-electron chi connectivity index (χ1n) is 5.73. The van der Waals surface area contributed by atoms with Crippen molar-refractivity contribution in [2.24, 2.45) is 0 Å². The molecule has 1 amide bonds. The third-order valence-electron chi connectivity index (χ3n) is 2.09. The van der Waals surface area contributed by atoms with Crippen LogP contribution >= 0.6 is 0 Å². The van der Waals surface area contributed by atoms with Gasteiger partial charge >= 0.3 is 0 Å². The molecular weight excluding hydrogens is 188 g/mol. The average Bonchev–Trinajstić information content (AvgIpc) is 2.16. The lowest BCUT2D eigenvalue weighted by molar-refractivity contribution is -0.130. The van der Waals surface area contributed by atoms with Crippen LogP contribution in [0.5, 0.6) is 0 Å². The summed E-state index contributed by atoms with van der Waals surface area (Å²) in [5, 5.41) is 3.24. The Bertz CT molecular complexity index is 190. The van der Waals surface area contributed by atoms with E-state index >= 15 is 0 Å². The smallest absolute Gasteiger partial charge is 0.224 e. The molecular formula is C12H24N2O. The summed E-state index contributed by atoms with van der Waals surface area (Å²) in [5.41, 5.74) is 0. The zero-order valence-electron chi connectivity index (χ0n) is 10.3. The molecule has 0 bridgehead atoms. The van der Waals surface area contributed by atoms with Gasteiger partial charge in [0, 0.05) is 32.1 Å². The van der Waals surface area contributed by atoms with Gasteiger partial charge in [-0.3, -0.25) is 4.79 Å². The second kappa shape index (κ2) is 8.48. The third kappa shape index (κ3) is 7.14. The first-order valence-corrected chi connectivity index (χ1v) is 5.73. The van der Waals surface area contributed by atoms with Gasteiger partial charge in [-0.1, -0.05) is 26.8 Å². The van der Waals surface area contributed by atoms with Gasteiger partial charge in [0.05, 0.1) is 0 Å². The zero-order chi connectivity index (χ0) is 11.7. The Kier molecular flexibility index (Phi) is 8.01. The van der Waals surface area contributed by atoms with E-state index in [4.69, 9.17) is 0 Å². The Morgan fingerprint density at radius 1 is 1.53 bits per heavy atom. The lowest BCUT2D eigenvalue weighted by Gasteiger charge is -2.20. The fourth-order valence-corrected chi connectivity index (χ4v) is 1.37. The van der Waals surface area contributed by atoms with E-state index in [0.717, 1.165) is 19.5 Å². The molecule has 0 saturated carbocycles. The van der Waals surface area contributed by atoms with Crippen LogP contribution in [0, 0.1) is 0 Å². The van der Waals surface area contributed by atoms with E-state index in [1.165, 1.54) is 0 Å². The normalized spacial score (nSPS) is 10.4. The Labute approximate surface area is 93.5 Å². The molecule has 0 radical (unpaired) electrons. The van der Waals surface area contributed by atoms with E-state index in [1.54, 1.807) is 6.08 Å². The lowest BCUT2D eigenvalue weighted by Crippen LogP contribution is -2.35. The maximum atomic E-state index is 11.7. The number of nitrogens with one attached hydrogen (secondary N) is 1. The van der Waals surface area contributed by atoms with Crippen molar-refractivity contribution in [3.05, 3.63) is 12.7 Å². The van der Waals surface area contributed by atoms with Gasteiger partial charge in [0.2, 0.25) is 5.91 Å². The van der Waals surface area contributed by atoms with Gasteiger partial charge in [-0.05, 0) is 6.42 Å². The summed E-state index contributed by atoms with van der Waals surface area (Å²) in [6, 6.07) is 0.442. The predicted molar refractivity (Wildman–Crippen MR) is 64.8 cm³/mol. The topological polar surface area (TPSA) is 32.3 Å². The maximum Gasteiger partial charge on any atom is 0.224 e. The van der Waals surface area contributed by atoms with Crippen molar-refractivity contribution in [2.45, 2.75) is 39.7 Å². The van der Waals surface area contributed by atoms with Crippen LogP contribution in [0.3, 0.4) is 0 Å². The molecule has 88 valence electrons. The Balaban J connectivity index is 3.85. The molecule has 0 spiro atoms. The van der Waals surface area contributed by atoms with E-state index < -0.39 is 0 Å². The Morgan fingerprint density at radius 2 is 2.20 bits per heavy atom. The van der Waals surface area contributed by atoms with Gasteiger partial charge in [0.1, 0.15) is 0 Å². The summed E-state index contributed by atoms with van der Waals surface area (Å²) >= 11 is 0. The van der Waals surface area contributed by atoms with Crippen LogP contribution in [0.4, 0.5) is 0 Å². The first kappa shape index (κ1) is 14.2. The van der Waals surface area contributed by atoms with Gasteiger partial charge in [-0.25, -0.2) is 0 Å². The highest BCUT2D eigenvalue weighted by molar-refractivity contribution is 5.76. The molecule has 15 heavy (non-hydrogen) atoms. The van der Waals surface area contributed by atoms with Gasteiger partial charge in [0.25, 0.3) is 0 Å². The third-order valence-corrected chi connectivity index (χ3v) is 2.09. The van der Waals surface area contributed by atoms with E-state index in [9.17, 15) is 4.79 Å². The summed E-state index contributed by atoms with van der Waals surface area (Å²) in [7, 11) is 0. The van der Waals surface area contributed by atoms with Crippen LogP contribution in [-0.2, 0) is 4.79 Å². The largest absolute Gasteiger partial charge is 0.339 e. The van der Waals surface area contributed by atoms with Crippen molar-refractivity contribution < 1.29 is 4.79 Å². The molecule has 3 heteroatoms. The molecule has 3 nitrogen and oxygen atoms in total. The van der Waals surface area contributed by atoms with Crippen molar-refractivity contribution in [1.82, 2.24) is 10.2 Å². The quantitative estimate of drug-likeness (QED) is 0.622. The maximum absolute atomic E-state index is 11.7. The molecule has 0 aromatic carbocycles. The average molecular weight is 212 g/mol. The standard InChI is InChI=1S/C12H24N2O/c1-5-9-14(10-6-2)12(15)7-8-13-11(3)4/h5,11,13H,1,6-10H2,2-4H3. The van der Waals surface area contributed by atoms with Crippen LogP contribution < -0.4 is 5.32 Å². The van der Waals surface area contributed by atoms with Gasteiger partial charge < -0.3 is 10.2 Å². The van der Waals surface area contributed by atoms with Crippen LogP contribution in [-0.4, -0.2) is 36.5 Å². The highest BCUT2D eigenvalue weighted by Gasteiger charge is 2.10. The number of nitrogens with zero attached hydrogens (tertiary/aromatic N) is 1. The van der Waals surface area contributed by atoms with Gasteiger partial charge in [-0.15, -0.1) is 6.58 Å². The predicted octanol–water partition coefficient (Wildman–Crippen LogP) is 1.80. The summed E-state index contributed by atoms with van der Waals surface area (Å²) in [6.45, 7) is 12.2. The van der Waals surface area contributed by atoms with Crippen LogP contribution in [0.2, 0.25) is 0 Å². The minimum atomic E-state index is 0.213. The molecule has 0 saturated heterocycles. The highest BCUT2D eigenvalue weighted by Crippen LogP contribution is 1.96. The molecule has 0 atom stereocenters. The molecule has 0 fully saturated rings. The number of hydrogen-bond acceptors (Lipinski definition) is 2.